The molecule has 0 aliphatic heterocycles. The second kappa shape index (κ2) is 9.80. The van der Waals surface area contributed by atoms with Crippen molar-refractivity contribution in [1.82, 2.24) is 20.1 Å². The summed E-state index contributed by atoms with van der Waals surface area (Å²) >= 11 is 1.31. The third-order valence-electron chi connectivity index (χ3n) is 5.42. The Kier molecular flexibility index (Phi) is 6.27. The van der Waals surface area contributed by atoms with Crippen molar-refractivity contribution in [3.05, 3.63) is 103 Å². The summed E-state index contributed by atoms with van der Waals surface area (Å²) in [6.45, 7) is 0.474. The lowest BCUT2D eigenvalue weighted by Gasteiger charge is -2.12. The van der Waals surface area contributed by atoms with Crippen LogP contribution in [-0.2, 0) is 11.3 Å². The van der Waals surface area contributed by atoms with Crippen LogP contribution in [-0.4, -0.2) is 31.5 Å². The number of phenolic OH excluding ortho intramolecular Hbond substituents is 1. The van der Waals surface area contributed by atoms with E-state index in [4.69, 9.17) is 0 Å². The van der Waals surface area contributed by atoms with Gasteiger partial charge in [0.15, 0.2) is 11.0 Å². The van der Waals surface area contributed by atoms with Gasteiger partial charge in [-0.1, -0.05) is 84.6 Å². The van der Waals surface area contributed by atoms with Gasteiger partial charge in [0.2, 0.25) is 5.91 Å². The number of thioether (sulfide) groups is 1. The number of nitrogens with one attached hydrogen (secondary N) is 1. The highest BCUT2D eigenvalue weighted by molar-refractivity contribution is 7.99. The molecule has 0 atom stereocenters. The summed E-state index contributed by atoms with van der Waals surface area (Å²) in [7, 11) is 0. The van der Waals surface area contributed by atoms with E-state index in [1.54, 1.807) is 6.07 Å². The zero-order valence-corrected chi connectivity index (χ0v) is 19.1. The number of fused-ring (bicyclic) bond motifs is 1. The first-order valence-corrected chi connectivity index (χ1v) is 11.8. The molecule has 2 N–H and O–H groups in total. The van der Waals surface area contributed by atoms with Gasteiger partial charge in [0.1, 0.15) is 5.75 Å². The molecule has 5 rings (SSSR count). The van der Waals surface area contributed by atoms with Crippen LogP contribution in [0.1, 0.15) is 5.56 Å². The van der Waals surface area contributed by atoms with Crippen molar-refractivity contribution in [3.63, 3.8) is 0 Å². The molecule has 0 saturated heterocycles. The predicted molar refractivity (Wildman–Crippen MR) is 135 cm³/mol. The molecule has 0 radical (unpaired) electrons. The normalized spacial score (nSPS) is 10.9. The number of phenols is 1. The van der Waals surface area contributed by atoms with E-state index in [2.05, 4.69) is 15.5 Å². The van der Waals surface area contributed by atoms with Gasteiger partial charge in [-0.3, -0.25) is 9.36 Å². The van der Waals surface area contributed by atoms with E-state index in [1.807, 2.05) is 95.6 Å². The zero-order valence-electron chi connectivity index (χ0n) is 18.3. The Labute approximate surface area is 201 Å². The lowest BCUT2D eigenvalue weighted by molar-refractivity contribution is -0.118. The van der Waals surface area contributed by atoms with Crippen LogP contribution in [0.3, 0.4) is 0 Å². The van der Waals surface area contributed by atoms with Gasteiger partial charge in [-0.2, -0.15) is 0 Å². The average molecular weight is 467 g/mol. The van der Waals surface area contributed by atoms with Gasteiger partial charge in [0.05, 0.1) is 11.3 Å². The monoisotopic (exact) mass is 466 g/mol. The Hall–Kier alpha value is -4.10. The molecular weight excluding hydrogens is 444 g/mol. The van der Waals surface area contributed by atoms with Gasteiger partial charge in [-0.05, 0) is 40.6 Å². The van der Waals surface area contributed by atoms with E-state index in [-0.39, 0.29) is 17.4 Å². The number of benzene rings is 4. The smallest absolute Gasteiger partial charge is 0.230 e. The second-order valence-corrected chi connectivity index (χ2v) is 8.69. The molecule has 4 aromatic carbocycles. The van der Waals surface area contributed by atoms with Gasteiger partial charge in [0.25, 0.3) is 0 Å². The Morgan fingerprint density at radius 3 is 2.24 bits per heavy atom. The number of aromatic nitrogens is 3. The van der Waals surface area contributed by atoms with Crippen molar-refractivity contribution in [2.24, 2.45) is 0 Å². The number of carbonyl (C=O) groups is 1. The number of para-hydroxylation sites is 1. The number of aromatic hydroxyl groups is 1. The van der Waals surface area contributed by atoms with Crippen LogP contribution in [0.25, 0.3) is 27.8 Å². The van der Waals surface area contributed by atoms with Crippen molar-refractivity contribution < 1.29 is 9.90 Å². The Morgan fingerprint density at radius 2 is 1.50 bits per heavy atom. The summed E-state index contributed by atoms with van der Waals surface area (Å²) in [6.07, 6.45) is 0. The van der Waals surface area contributed by atoms with Crippen LogP contribution in [0.5, 0.6) is 5.75 Å². The standard InChI is InChI=1S/C27H22N4O2S/c32-24-16-21-12-8-7-11-20(21)15-23(24)26-29-30-27(31(26)22-13-5-2-6-14-22)34-18-25(33)28-17-19-9-3-1-4-10-19/h1-16,32H,17-18H2,(H,28,33). The quantitative estimate of drug-likeness (QED) is 0.322. The minimum absolute atomic E-state index is 0.0911. The molecule has 168 valence electrons. The topological polar surface area (TPSA) is 80.0 Å². The van der Waals surface area contributed by atoms with Gasteiger partial charge >= 0.3 is 0 Å². The summed E-state index contributed by atoms with van der Waals surface area (Å²) in [5, 5.41) is 25.0. The lowest BCUT2D eigenvalue weighted by Crippen LogP contribution is -2.24. The van der Waals surface area contributed by atoms with E-state index in [9.17, 15) is 9.90 Å². The van der Waals surface area contributed by atoms with Crippen molar-refractivity contribution in [2.45, 2.75) is 11.7 Å². The average Bonchev–Trinajstić information content (AvgIpc) is 3.30. The van der Waals surface area contributed by atoms with Crippen molar-refractivity contribution in [2.75, 3.05) is 5.75 Å². The van der Waals surface area contributed by atoms with Gasteiger partial charge in [-0.25, -0.2) is 0 Å². The van der Waals surface area contributed by atoms with Crippen molar-refractivity contribution in [1.29, 1.82) is 0 Å². The van der Waals surface area contributed by atoms with Gasteiger partial charge in [0, 0.05) is 12.2 Å². The molecule has 0 saturated carbocycles. The molecule has 0 bridgehead atoms. The number of amides is 1. The van der Waals surface area contributed by atoms with Crippen LogP contribution >= 0.6 is 11.8 Å². The molecular formula is C27H22N4O2S. The SMILES string of the molecule is O=C(CSc1nnc(-c2cc3ccccc3cc2O)n1-c1ccccc1)NCc1ccccc1. The first kappa shape index (κ1) is 21.7. The number of rotatable bonds is 7. The van der Waals surface area contributed by atoms with Crippen molar-refractivity contribution in [3.8, 4) is 22.8 Å². The fraction of sp³-hybridized carbons (Fsp3) is 0.0741. The number of hydrogen-bond acceptors (Lipinski definition) is 5. The van der Waals surface area contributed by atoms with Crippen LogP contribution < -0.4 is 5.32 Å². The minimum Gasteiger partial charge on any atom is -0.507 e. The molecule has 0 unspecified atom stereocenters. The third kappa shape index (κ3) is 4.65. The molecule has 34 heavy (non-hydrogen) atoms. The first-order chi connectivity index (χ1) is 16.7. The zero-order chi connectivity index (χ0) is 23.3. The maximum atomic E-state index is 12.5. The van der Waals surface area contributed by atoms with Crippen LogP contribution in [0, 0.1) is 0 Å². The van der Waals surface area contributed by atoms with E-state index >= 15 is 0 Å². The molecule has 0 aliphatic carbocycles. The second-order valence-electron chi connectivity index (χ2n) is 7.74. The van der Waals surface area contributed by atoms with Crippen LogP contribution in [0.2, 0.25) is 0 Å². The summed E-state index contributed by atoms with van der Waals surface area (Å²) in [5.41, 5.74) is 2.47. The maximum Gasteiger partial charge on any atom is 0.230 e. The molecule has 5 aromatic rings. The predicted octanol–water partition coefficient (Wildman–Crippen LogP) is 5.20. The molecule has 1 amide bonds. The maximum absolute atomic E-state index is 12.5. The molecule has 1 aromatic heterocycles. The number of carbonyl (C=O) groups excluding carboxylic acids is 1. The molecule has 6 nitrogen and oxygen atoms in total. The van der Waals surface area contributed by atoms with Crippen molar-refractivity contribution >= 4 is 28.4 Å². The minimum atomic E-state index is -0.0911. The number of hydrogen-bond donors (Lipinski definition) is 2. The molecule has 0 fully saturated rings. The van der Waals surface area contributed by atoms with E-state index in [0.29, 0.717) is 23.1 Å². The van der Waals surface area contributed by atoms with E-state index in [0.717, 1.165) is 22.0 Å². The van der Waals surface area contributed by atoms with Crippen LogP contribution in [0.4, 0.5) is 0 Å². The molecule has 7 heteroatoms. The lowest BCUT2D eigenvalue weighted by atomic mass is 10.1. The fourth-order valence-corrected chi connectivity index (χ4v) is 4.51. The summed E-state index contributed by atoms with van der Waals surface area (Å²) in [4.78, 5) is 12.5. The Morgan fingerprint density at radius 1 is 0.853 bits per heavy atom. The highest BCUT2D eigenvalue weighted by Gasteiger charge is 2.20. The van der Waals surface area contributed by atoms with E-state index < -0.39 is 0 Å². The molecule has 1 heterocycles. The third-order valence-corrected chi connectivity index (χ3v) is 6.35. The summed E-state index contributed by atoms with van der Waals surface area (Å²) in [5.74, 6) is 0.746. The highest BCUT2D eigenvalue weighted by Crippen LogP contribution is 2.35. The highest BCUT2D eigenvalue weighted by atomic mass is 32.2. The Balaban J connectivity index is 1.44. The van der Waals surface area contributed by atoms with Gasteiger partial charge in [-0.15, -0.1) is 10.2 Å². The summed E-state index contributed by atoms with van der Waals surface area (Å²) in [6, 6.07) is 31.0. The largest absolute Gasteiger partial charge is 0.507 e. The van der Waals surface area contributed by atoms with E-state index in [1.165, 1.54) is 11.8 Å². The van der Waals surface area contributed by atoms with Crippen LogP contribution in [0.15, 0.2) is 102 Å². The first-order valence-electron chi connectivity index (χ1n) is 10.9. The number of nitrogens with zero attached hydrogens (tertiary/aromatic N) is 3. The Bertz CT molecular complexity index is 1440. The molecule has 0 aliphatic rings. The van der Waals surface area contributed by atoms with Gasteiger partial charge < -0.3 is 10.4 Å². The fourth-order valence-electron chi connectivity index (χ4n) is 3.73. The summed E-state index contributed by atoms with van der Waals surface area (Å²) < 4.78 is 1.87. The molecule has 0 spiro atoms.